The summed E-state index contributed by atoms with van der Waals surface area (Å²) < 4.78 is 10.4. The smallest absolute Gasteiger partial charge is 0.323 e. The van der Waals surface area contributed by atoms with Crippen molar-refractivity contribution in [1.29, 1.82) is 0 Å². The first kappa shape index (κ1) is 17.7. The van der Waals surface area contributed by atoms with Crippen molar-refractivity contribution in [3.8, 4) is 5.75 Å². The topological polar surface area (TPSA) is 47.6 Å². The van der Waals surface area contributed by atoms with E-state index in [-0.39, 0.29) is 30.5 Å². The predicted octanol–water partition coefficient (Wildman–Crippen LogP) is 3.35. The van der Waals surface area contributed by atoms with E-state index in [2.05, 4.69) is 10.1 Å². The Morgan fingerprint density at radius 2 is 1.90 bits per heavy atom. The molecule has 1 heterocycles. The normalized spacial score (nSPS) is 21.2. The molecule has 1 aliphatic heterocycles. The van der Waals surface area contributed by atoms with E-state index in [1.807, 2.05) is 0 Å². The summed E-state index contributed by atoms with van der Waals surface area (Å²) in [6.07, 6.45) is 0.349. The summed E-state index contributed by atoms with van der Waals surface area (Å²) in [7, 11) is 1.36. The molecule has 1 saturated heterocycles. The van der Waals surface area contributed by atoms with E-state index in [4.69, 9.17) is 39.5 Å². The van der Waals surface area contributed by atoms with E-state index in [0.717, 1.165) is 0 Å². The molecule has 1 N–H and O–H groups in total. The Kier molecular flexibility index (Phi) is 6.69. The van der Waals surface area contributed by atoms with Gasteiger partial charge in [-0.3, -0.25) is 4.79 Å². The maximum atomic E-state index is 11.4. The van der Waals surface area contributed by atoms with Crippen LogP contribution in [-0.4, -0.2) is 31.8 Å². The number of esters is 1. The first-order valence-electron chi connectivity index (χ1n) is 5.63. The quantitative estimate of drug-likeness (QED) is 0.663. The number of nitrogens with one attached hydrogen (secondary N) is 1. The first-order chi connectivity index (χ1) is 9.01. The summed E-state index contributed by atoms with van der Waals surface area (Å²) in [4.78, 5) is 11.4. The number of carbonyl (C=O) groups is 1. The lowest BCUT2D eigenvalue weighted by atomic mass is 10.2. The van der Waals surface area contributed by atoms with Gasteiger partial charge in [0.1, 0.15) is 17.9 Å². The van der Waals surface area contributed by atoms with Crippen LogP contribution >= 0.6 is 47.2 Å². The van der Waals surface area contributed by atoms with Crippen molar-refractivity contribution >= 4 is 53.2 Å². The monoisotopic (exact) mass is 359 g/mol. The molecular formula is C12H13Cl4NO3. The second kappa shape index (κ2) is 7.57. The van der Waals surface area contributed by atoms with Crippen LogP contribution in [0.5, 0.6) is 5.75 Å². The fourth-order valence-corrected chi connectivity index (χ4v) is 2.47. The molecule has 1 fully saturated rings. The lowest BCUT2D eigenvalue weighted by molar-refractivity contribution is -0.142. The average Bonchev–Trinajstić information content (AvgIpc) is 2.83. The number of hydrogen-bond acceptors (Lipinski definition) is 4. The maximum absolute atomic E-state index is 11.4. The number of methoxy groups -OCH3 is 1. The fraction of sp³-hybridized carbons (Fsp3) is 0.417. The molecule has 20 heavy (non-hydrogen) atoms. The summed E-state index contributed by atoms with van der Waals surface area (Å²) in [6.45, 7) is 0.538. The summed E-state index contributed by atoms with van der Waals surface area (Å²) in [5.41, 5.74) is 0. The molecule has 0 aromatic heterocycles. The third kappa shape index (κ3) is 4.06. The van der Waals surface area contributed by atoms with Gasteiger partial charge in [-0.05, 0) is 6.07 Å². The molecule has 4 nitrogen and oxygen atoms in total. The van der Waals surface area contributed by atoms with Crippen LogP contribution in [0.1, 0.15) is 6.42 Å². The summed E-state index contributed by atoms with van der Waals surface area (Å²) in [5.74, 6) is 0.153. The van der Waals surface area contributed by atoms with Crippen molar-refractivity contribution in [3.63, 3.8) is 0 Å². The minimum atomic E-state index is -0.350. The second-order valence-corrected chi connectivity index (χ2v) is 5.38. The Labute approximate surface area is 138 Å². The van der Waals surface area contributed by atoms with Crippen LogP contribution in [0.25, 0.3) is 0 Å². The van der Waals surface area contributed by atoms with Gasteiger partial charge in [0.25, 0.3) is 0 Å². The van der Waals surface area contributed by atoms with Crippen LogP contribution in [0, 0.1) is 0 Å². The van der Waals surface area contributed by atoms with Crippen molar-refractivity contribution in [1.82, 2.24) is 5.32 Å². The molecule has 1 aromatic rings. The van der Waals surface area contributed by atoms with Crippen molar-refractivity contribution < 1.29 is 14.3 Å². The molecule has 0 bridgehead atoms. The molecule has 8 heteroatoms. The third-order valence-corrected chi connectivity index (χ3v) is 3.86. The highest BCUT2D eigenvalue weighted by Crippen LogP contribution is 2.35. The van der Waals surface area contributed by atoms with Crippen molar-refractivity contribution in [2.75, 3.05) is 13.7 Å². The van der Waals surface area contributed by atoms with Gasteiger partial charge in [0.15, 0.2) is 0 Å². The Balaban J connectivity index is 0.00000200. The van der Waals surface area contributed by atoms with E-state index < -0.39 is 0 Å². The van der Waals surface area contributed by atoms with Crippen LogP contribution < -0.4 is 10.1 Å². The van der Waals surface area contributed by atoms with E-state index in [9.17, 15) is 4.79 Å². The number of benzene rings is 1. The fourth-order valence-electron chi connectivity index (χ4n) is 1.89. The van der Waals surface area contributed by atoms with E-state index in [1.54, 1.807) is 6.07 Å². The summed E-state index contributed by atoms with van der Waals surface area (Å²) in [6, 6.07) is 2.75. The number of carbonyl (C=O) groups excluding carboxylic acids is 1. The van der Waals surface area contributed by atoms with Crippen LogP contribution in [0.2, 0.25) is 15.1 Å². The molecule has 0 saturated carbocycles. The molecule has 2 atom stereocenters. The largest absolute Gasteiger partial charge is 0.487 e. The van der Waals surface area contributed by atoms with Gasteiger partial charge in [0.2, 0.25) is 0 Å². The molecule has 0 aliphatic carbocycles. The zero-order valence-electron chi connectivity index (χ0n) is 10.5. The highest BCUT2D eigenvalue weighted by molar-refractivity contribution is 6.43. The summed E-state index contributed by atoms with van der Waals surface area (Å²) >= 11 is 17.8. The Morgan fingerprint density at radius 1 is 1.25 bits per heavy atom. The molecule has 0 spiro atoms. The van der Waals surface area contributed by atoms with Crippen molar-refractivity contribution in [2.45, 2.75) is 18.6 Å². The first-order valence-corrected chi connectivity index (χ1v) is 6.77. The van der Waals surface area contributed by atoms with Crippen LogP contribution in [0.15, 0.2) is 12.1 Å². The van der Waals surface area contributed by atoms with Crippen molar-refractivity contribution in [3.05, 3.63) is 27.2 Å². The van der Waals surface area contributed by atoms with Gasteiger partial charge in [-0.25, -0.2) is 0 Å². The van der Waals surface area contributed by atoms with Gasteiger partial charge in [-0.2, -0.15) is 0 Å². The molecule has 0 radical (unpaired) electrons. The summed E-state index contributed by atoms with van der Waals surface area (Å²) in [5, 5.41) is 4.15. The van der Waals surface area contributed by atoms with E-state index in [1.165, 1.54) is 13.2 Å². The number of halogens is 4. The van der Waals surface area contributed by atoms with Gasteiger partial charge < -0.3 is 14.8 Å². The van der Waals surface area contributed by atoms with Gasteiger partial charge in [-0.15, -0.1) is 12.4 Å². The molecule has 2 unspecified atom stereocenters. The predicted molar refractivity (Wildman–Crippen MR) is 81.6 cm³/mol. The van der Waals surface area contributed by atoms with E-state index in [0.29, 0.717) is 33.8 Å². The van der Waals surface area contributed by atoms with Crippen LogP contribution in [-0.2, 0) is 9.53 Å². The van der Waals surface area contributed by atoms with Crippen LogP contribution in [0.3, 0.4) is 0 Å². The second-order valence-electron chi connectivity index (χ2n) is 4.16. The molecule has 1 aromatic carbocycles. The lowest BCUT2D eigenvalue weighted by Gasteiger charge is -2.14. The van der Waals surface area contributed by atoms with Gasteiger partial charge in [0.05, 0.1) is 22.2 Å². The number of ether oxygens (including phenoxy) is 2. The molecule has 0 amide bonds. The van der Waals surface area contributed by atoms with Crippen molar-refractivity contribution in [2.24, 2.45) is 0 Å². The zero-order valence-corrected chi connectivity index (χ0v) is 13.6. The van der Waals surface area contributed by atoms with Gasteiger partial charge >= 0.3 is 5.97 Å². The standard InChI is InChI=1S/C12H12Cl3NO3.ClH/c1-18-12(17)10-2-6(5-16-10)19-11-4-8(14)7(13)3-9(11)15;/h3-4,6,10,16H,2,5H2,1H3;1H. The lowest BCUT2D eigenvalue weighted by Crippen LogP contribution is -2.31. The maximum Gasteiger partial charge on any atom is 0.323 e. The molecule has 112 valence electrons. The van der Waals surface area contributed by atoms with Gasteiger partial charge in [-0.1, -0.05) is 34.8 Å². The minimum absolute atomic E-state index is 0. The Hall–Kier alpha value is -0.390. The third-order valence-electron chi connectivity index (χ3n) is 2.84. The van der Waals surface area contributed by atoms with Gasteiger partial charge in [0, 0.05) is 19.0 Å². The SMILES string of the molecule is COC(=O)C1CC(Oc2cc(Cl)c(Cl)cc2Cl)CN1.Cl. The highest BCUT2D eigenvalue weighted by Gasteiger charge is 2.31. The number of hydrogen-bond donors (Lipinski definition) is 1. The molecular weight excluding hydrogens is 348 g/mol. The van der Waals surface area contributed by atoms with E-state index >= 15 is 0 Å². The minimum Gasteiger partial charge on any atom is -0.487 e. The highest BCUT2D eigenvalue weighted by atomic mass is 35.5. The zero-order chi connectivity index (χ0) is 14.0. The van der Waals surface area contributed by atoms with Crippen LogP contribution in [0.4, 0.5) is 0 Å². The number of rotatable bonds is 3. The Morgan fingerprint density at radius 3 is 2.55 bits per heavy atom. The average molecular weight is 361 g/mol. The molecule has 2 rings (SSSR count). The molecule has 1 aliphatic rings. The Bertz CT molecular complexity index is 498.